The molecule has 1 amide bonds. The molecule has 0 saturated carbocycles. The third-order valence-corrected chi connectivity index (χ3v) is 4.49. The van der Waals surface area contributed by atoms with Crippen molar-refractivity contribution < 1.29 is 9.53 Å². The molecule has 2 aliphatic rings. The van der Waals surface area contributed by atoms with E-state index in [4.69, 9.17) is 4.74 Å². The summed E-state index contributed by atoms with van der Waals surface area (Å²) in [5, 5.41) is 0. The van der Waals surface area contributed by atoms with Gasteiger partial charge in [0.25, 0.3) is 0 Å². The summed E-state index contributed by atoms with van der Waals surface area (Å²) in [5.41, 5.74) is 2.65. The first-order chi connectivity index (χ1) is 9.74. The Morgan fingerprint density at radius 3 is 2.85 bits per heavy atom. The van der Waals surface area contributed by atoms with Crippen molar-refractivity contribution >= 4 is 27.5 Å². The second kappa shape index (κ2) is 6.14. The van der Waals surface area contributed by atoms with Crippen LogP contribution in [0.2, 0.25) is 0 Å². The summed E-state index contributed by atoms with van der Waals surface area (Å²) in [6, 6.07) is 6.39. The smallest absolute Gasteiger partial charge is 0.224 e. The summed E-state index contributed by atoms with van der Waals surface area (Å²) in [5.74, 6) is 0.249. The molecule has 0 spiro atoms. The highest BCUT2D eigenvalue weighted by molar-refractivity contribution is 9.10. The number of nitrogens with zero attached hydrogens (tertiary/aromatic N) is 2. The van der Waals surface area contributed by atoms with Crippen molar-refractivity contribution in [2.75, 3.05) is 44.3 Å². The number of carbonyl (C=O) groups excluding carboxylic acids is 1. The lowest BCUT2D eigenvalue weighted by Crippen LogP contribution is -2.41. The maximum absolute atomic E-state index is 12.2. The molecule has 20 heavy (non-hydrogen) atoms. The number of carbonyl (C=O) groups is 1. The first-order valence-electron chi connectivity index (χ1n) is 7.13. The van der Waals surface area contributed by atoms with E-state index >= 15 is 0 Å². The van der Waals surface area contributed by atoms with Crippen LogP contribution in [-0.2, 0) is 16.0 Å². The zero-order valence-corrected chi connectivity index (χ0v) is 13.1. The van der Waals surface area contributed by atoms with Gasteiger partial charge in [0.2, 0.25) is 5.91 Å². The number of morpholine rings is 1. The number of hydrogen-bond donors (Lipinski definition) is 0. The highest BCUT2D eigenvalue weighted by Crippen LogP contribution is 2.30. The first kappa shape index (κ1) is 13.9. The van der Waals surface area contributed by atoms with E-state index in [0.717, 1.165) is 37.1 Å². The van der Waals surface area contributed by atoms with Crippen LogP contribution in [0.5, 0.6) is 0 Å². The van der Waals surface area contributed by atoms with Crippen LogP contribution in [0.4, 0.5) is 5.69 Å². The lowest BCUT2D eigenvalue weighted by atomic mass is 10.2. The SMILES string of the molecule is O=C(CCN1CCc2cc(Br)ccc21)N1CCOCC1. The van der Waals surface area contributed by atoms with Gasteiger partial charge in [0, 0.05) is 42.8 Å². The van der Waals surface area contributed by atoms with Gasteiger partial charge >= 0.3 is 0 Å². The maximum atomic E-state index is 12.2. The van der Waals surface area contributed by atoms with E-state index < -0.39 is 0 Å². The number of rotatable bonds is 3. The van der Waals surface area contributed by atoms with Gasteiger partial charge in [-0.25, -0.2) is 0 Å². The highest BCUT2D eigenvalue weighted by atomic mass is 79.9. The molecular weight excluding hydrogens is 320 g/mol. The number of benzene rings is 1. The Labute approximate surface area is 127 Å². The molecule has 1 fully saturated rings. The molecule has 4 nitrogen and oxygen atoms in total. The van der Waals surface area contributed by atoms with Crippen LogP contribution >= 0.6 is 15.9 Å². The van der Waals surface area contributed by atoms with Crippen LogP contribution in [0.1, 0.15) is 12.0 Å². The maximum Gasteiger partial charge on any atom is 0.224 e. The van der Waals surface area contributed by atoms with Gasteiger partial charge < -0.3 is 14.5 Å². The van der Waals surface area contributed by atoms with E-state index in [1.165, 1.54) is 11.3 Å². The third kappa shape index (κ3) is 2.99. The molecule has 1 aromatic rings. The molecular formula is C15H19BrN2O2. The van der Waals surface area contributed by atoms with Gasteiger partial charge in [-0.15, -0.1) is 0 Å². The number of anilines is 1. The fourth-order valence-electron chi connectivity index (χ4n) is 2.87. The fourth-order valence-corrected chi connectivity index (χ4v) is 3.28. The third-order valence-electron chi connectivity index (χ3n) is 3.99. The van der Waals surface area contributed by atoms with Crippen molar-refractivity contribution in [1.29, 1.82) is 0 Å². The van der Waals surface area contributed by atoms with Crippen molar-refractivity contribution in [1.82, 2.24) is 4.90 Å². The van der Waals surface area contributed by atoms with Crippen molar-refractivity contribution in [3.05, 3.63) is 28.2 Å². The van der Waals surface area contributed by atoms with E-state index in [-0.39, 0.29) is 5.91 Å². The highest BCUT2D eigenvalue weighted by Gasteiger charge is 2.22. The van der Waals surface area contributed by atoms with Crippen LogP contribution in [0.3, 0.4) is 0 Å². The Morgan fingerprint density at radius 2 is 2.05 bits per heavy atom. The molecule has 5 heteroatoms. The van der Waals surface area contributed by atoms with E-state index in [0.29, 0.717) is 19.6 Å². The quantitative estimate of drug-likeness (QED) is 0.845. The Balaban J connectivity index is 1.56. The second-order valence-electron chi connectivity index (χ2n) is 5.25. The normalized spacial score (nSPS) is 18.2. The number of hydrogen-bond acceptors (Lipinski definition) is 3. The average Bonchev–Trinajstić information content (AvgIpc) is 2.88. The molecule has 3 rings (SSSR count). The Morgan fingerprint density at radius 1 is 1.25 bits per heavy atom. The number of fused-ring (bicyclic) bond motifs is 1. The minimum Gasteiger partial charge on any atom is -0.378 e. The van der Waals surface area contributed by atoms with Crippen LogP contribution in [-0.4, -0.2) is 50.2 Å². The molecule has 1 saturated heterocycles. The van der Waals surface area contributed by atoms with Crippen LogP contribution in [0.25, 0.3) is 0 Å². The van der Waals surface area contributed by atoms with E-state index in [1.807, 2.05) is 4.90 Å². The molecule has 2 aliphatic heterocycles. The second-order valence-corrected chi connectivity index (χ2v) is 6.17. The minimum atomic E-state index is 0.249. The monoisotopic (exact) mass is 338 g/mol. The molecule has 0 unspecified atom stereocenters. The first-order valence-corrected chi connectivity index (χ1v) is 7.92. The fraction of sp³-hybridized carbons (Fsp3) is 0.533. The van der Waals surface area contributed by atoms with Gasteiger partial charge in [-0.3, -0.25) is 4.79 Å². The molecule has 0 bridgehead atoms. The predicted octanol–water partition coefficient (Wildman–Crippen LogP) is 2.06. The summed E-state index contributed by atoms with van der Waals surface area (Å²) < 4.78 is 6.40. The summed E-state index contributed by atoms with van der Waals surface area (Å²) in [7, 11) is 0. The Kier molecular flexibility index (Phi) is 4.27. The molecule has 0 atom stereocenters. The van der Waals surface area contributed by atoms with Crippen LogP contribution in [0, 0.1) is 0 Å². The van der Waals surface area contributed by atoms with E-state index in [1.54, 1.807) is 0 Å². The zero-order valence-electron chi connectivity index (χ0n) is 11.5. The van der Waals surface area contributed by atoms with E-state index in [9.17, 15) is 4.79 Å². The largest absolute Gasteiger partial charge is 0.378 e. The van der Waals surface area contributed by atoms with Crippen LogP contribution < -0.4 is 4.90 Å². The zero-order chi connectivity index (χ0) is 13.9. The lowest BCUT2D eigenvalue weighted by molar-refractivity contribution is -0.135. The standard InChI is InChI=1S/C15H19BrN2O2/c16-13-1-2-14-12(11-13)3-5-17(14)6-4-15(19)18-7-9-20-10-8-18/h1-2,11H,3-10H2. The van der Waals surface area contributed by atoms with E-state index in [2.05, 4.69) is 39.0 Å². The molecule has 0 radical (unpaired) electrons. The van der Waals surface area contributed by atoms with Gasteiger partial charge in [0.1, 0.15) is 0 Å². The number of halogens is 1. The Hall–Kier alpha value is -1.07. The van der Waals surface area contributed by atoms with Crippen LogP contribution in [0.15, 0.2) is 22.7 Å². The van der Waals surface area contributed by atoms with Crippen molar-refractivity contribution in [3.63, 3.8) is 0 Å². The molecule has 108 valence electrons. The van der Waals surface area contributed by atoms with Crippen molar-refractivity contribution in [2.24, 2.45) is 0 Å². The van der Waals surface area contributed by atoms with Crippen molar-refractivity contribution in [3.8, 4) is 0 Å². The summed E-state index contributed by atoms with van der Waals surface area (Å²) in [4.78, 5) is 16.4. The predicted molar refractivity (Wildman–Crippen MR) is 82.1 cm³/mol. The molecule has 2 heterocycles. The average molecular weight is 339 g/mol. The van der Waals surface area contributed by atoms with Crippen molar-refractivity contribution in [2.45, 2.75) is 12.8 Å². The minimum absolute atomic E-state index is 0.249. The van der Waals surface area contributed by atoms with Gasteiger partial charge in [0.15, 0.2) is 0 Å². The van der Waals surface area contributed by atoms with Gasteiger partial charge in [-0.1, -0.05) is 15.9 Å². The number of amides is 1. The number of ether oxygens (including phenoxy) is 1. The Bertz CT molecular complexity index is 501. The lowest BCUT2D eigenvalue weighted by Gasteiger charge is -2.28. The summed E-state index contributed by atoms with van der Waals surface area (Å²) in [6.07, 6.45) is 1.66. The van der Waals surface area contributed by atoms with Gasteiger partial charge in [-0.05, 0) is 30.2 Å². The summed E-state index contributed by atoms with van der Waals surface area (Å²) in [6.45, 7) is 4.65. The molecule has 0 aromatic heterocycles. The summed E-state index contributed by atoms with van der Waals surface area (Å²) >= 11 is 3.51. The van der Waals surface area contributed by atoms with Gasteiger partial charge in [-0.2, -0.15) is 0 Å². The molecule has 1 aromatic carbocycles. The molecule has 0 aliphatic carbocycles. The topological polar surface area (TPSA) is 32.8 Å². The molecule has 0 N–H and O–H groups in total. The van der Waals surface area contributed by atoms with Gasteiger partial charge in [0.05, 0.1) is 13.2 Å².